The van der Waals surface area contributed by atoms with Gasteiger partial charge in [-0.05, 0) is 66.3 Å². The molecule has 0 aromatic heterocycles. The summed E-state index contributed by atoms with van der Waals surface area (Å²) >= 11 is 0. The lowest BCUT2D eigenvalue weighted by Crippen LogP contribution is -2.19. The number of hydrogen-bond donors (Lipinski definition) is 1. The van der Waals surface area contributed by atoms with E-state index in [9.17, 15) is 4.79 Å². The normalized spacial score (nSPS) is 15.4. The van der Waals surface area contributed by atoms with E-state index < -0.39 is 5.91 Å². The minimum atomic E-state index is -0.484. The molecule has 2 aromatic carbocycles. The first-order chi connectivity index (χ1) is 12.2. The van der Waals surface area contributed by atoms with Crippen LogP contribution in [0.25, 0.3) is 0 Å². The van der Waals surface area contributed by atoms with Crippen molar-refractivity contribution < 1.29 is 9.53 Å². The summed E-state index contributed by atoms with van der Waals surface area (Å²) in [6, 6.07) is 16.0. The Balaban J connectivity index is 1.58. The van der Waals surface area contributed by atoms with E-state index in [1.54, 1.807) is 12.1 Å². The van der Waals surface area contributed by atoms with Crippen LogP contribution in [0.4, 0.5) is 5.69 Å². The molecular weight excluding hydrogens is 312 g/mol. The third kappa shape index (κ3) is 5.18. The van der Waals surface area contributed by atoms with Crippen molar-refractivity contribution in [2.24, 2.45) is 10.7 Å². The fraction of sp³-hybridized carbons (Fsp3) is 0.333. The summed E-state index contributed by atoms with van der Waals surface area (Å²) in [6.07, 6.45) is 8.53. The van der Waals surface area contributed by atoms with E-state index in [2.05, 4.69) is 29.3 Å². The first-order valence-electron chi connectivity index (χ1n) is 8.86. The van der Waals surface area contributed by atoms with E-state index in [4.69, 9.17) is 10.5 Å². The molecule has 0 aliphatic heterocycles. The number of amides is 1. The standard InChI is InChI=1S/C21H24N2O2/c22-21(24)15-25-20-12-6-16(7-13-20)14-23-19-10-8-18(9-11-19)17-4-2-1-3-5-17/h6-14,17H,1-5,15H2,(H2,22,24). The van der Waals surface area contributed by atoms with Crippen LogP contribution >= 0.6 is 0 Å². The second-order valence-corrected chi connectivity index (χ2v) is 6.51. The molecule has 25 heavy (non-hydrogen) atoms. The lowest BCUT2D eigenvalue weighted by molar-refractivity contribution is -0.119. The smallest absolute Gasteiger partial charge is 0.255 e. The van der Waals surface area contributed by atoms with Crippen molar-refractivity contribution in [3.63, 3.8) is 0 Å². The quantitative estimate of drug-likeness (QED) is 0.797. The number of rotatable bonds is 6. The molecule has 1 aliphatic carbocycles. The molecule has 3 rings (SSSR count). The van der Waals surface area contributed by atoms with Crippen molar-refractivity contribution in [2.75, 3.05) is 6.61 Å². The fourth-order valence-electron chi connectivity index (χ4n) is 3.22. The van der Waals surface area contributed by atoms with Crippen molar-refractivity contribution in [1.29, 1.82) is 0 Å². The lowest BCUT2D eigenvalue weighted by Gasteiger charge is -2.21. The van der Waals surface area contributed by atoms with Gasteiger partial charge in [-0.3, -0.25) is 9.79 Å². The van der Waals surface area contributed by atoms with Gasteiger partial charge in [-0.15, -0.1) is 0 Å². The predicted octanol–water partition coefficient (Wildman–Crippen LogP) is 4.35. The van der Waals surface area contributed by atoms with Crippen molar-refractivity contribution in [1.82, 2.24) is 0 Å². The van der Waals surface area contributed by atoms with Crippen LogP contribution in [0.1, 0.15) is 49.1 Å². The Morgan fingerprint density at radius 1 is 1.04 bits per heavy atom. The summed E-state index contributed by atoms with van der Waals surface area (Å²) in [4.78, 5) is 15.2. The van der Waals surface area contributed by atoms with Crippen LogP contribution in [-0.2, 0) is 4.79 Å². The van der Waals surface area contributed by atoms with Gasteiger partial charge in [0.1, 0.15) is 5.75 Å². The Hall–Kier alpha value is -2.62. The highest BCUT2D eigenvalue weighted by Crippen LogP contribution is 2.33. The summed E-state index contributed by atoms with van der Waals surface area (Å²) in [7, 11) is 0. The molecular formula is C21H24N2O2. The second kappa shape index (κ2) is 8.47. The molecule has 2 aromatic rings. The minimum Gasteiger partial charge on any atom is -0.484 e. The third-order valence-corrected chi connectivity index (χ3v) is 4.59. The number of benzene rings is 2. The topological polar surface area (TPSA) is 64.7 Å². The van der Waals surface area contributed by atoms with Gasteiger partial charge in [0.2, 0.25) is 0 Å². The zero-order chi connectivity index (χ0) is 17.5. The minimum absolute atomic E-state index is 0.110. The Labute approximate surface area is 148 Å². The van der Waals surface area contributed by atoms with E-state index in [0.717, 1.165) is 17.2 Å². The van der Waals surface area contributed by atoms with E-state index in [1.807, 2.05) is 18.3 Å². The molecule has 1 fully saturated rings. The van der Waals surface area contributed by atoms with Crippen LogP contribution in [0.15, 0.2) is 53.5 Å². The number of nitrogens with two attached hydrogens (primary N) is 1. The summed E-state index contributed by atoms with van der Waals surface area (Å²) in [5.74, 6) is 0.856. The van der Waals surface area contributed by atoms with Crippen molar-refractivity contribution in [2.45, 2.75) is 38.0 Å². The van der Waals surface area contributed by atoms with Crippen LogP contribution in [0, 0.1) is 0 Å². The lowest BCUT2D eigenvalue weighted by atomic mass is 9.84. The van der Waals surface area contributed by atoms with Gasteiger partial charge in [-0.2, -0.15) is 0 Å². The predicted molar refractivity (Wildman–Crippen MR) is 101 cm³/mol. The first kappa shape index (κ1) is 17.2. The SMILES string of the molecule is NC(=O)COc1ccc(C=Nc2ccc(C3CCCCC3)cc2)cc1. The van der Waals surface area contributed by atoms with Gasteiger partial charge in [0, 0.05) is 6.21 Å². The zero-order valence-corrected chi connectivity index (χ0v) is 14.4. The molecule has 0 radical (unpaired) electrons. The molecule has 1 saturated carbocycles. The van der Waals surface area contributed by atoms with Gasteiger partial charge in [-0.25, -0.2) is 0 Å². The number of hydrogen-bond acceptors (Lipinski definition) is 3. The van der Waals surface area contributed by atoms with Gasteiger partial charge in [0.15, 0.2) is 6.61 Å². The summed E-state index contributed by atoms with van der Waals surface area (Å²) in [5, 5.41) is 0. The number of carbonyl (C=O) groups excluding carboxylic acids is 1. The Bertz CT molecular complexity index is 715. The van der Waals surface area contributed by atoms with Crippen LogP contribution in [0.2, 0.25) is 0 Å². The van der Waals surface area contributed by atoms with E-state index >= 15 is 0 Å². The van der Waals surface area contributed by atoms with Crippen LogP contribution in [0.3, 0.4) is 0 Å². The second-order valence-electron chi connectivity index (χ2n) is 6.51. The van der Waals surface area contributed by atoms with Gasteiger partial charge < -0.3 is 10.5 Å². The Kier molecular flexibility index (Phi) is 5.83. The average Bonchev–Trinajstić information content (AvgIpc) is 2.66. The maximum Gasteiger partial charge on any atom is 0.255 e. The number of carbonyl (C=O) groups is 1. The van der Waals surface area contributed by atoms with Crippen molar-refractivity contribution in [3.8, 4) is 5.75 Å². The monoisotopic (exact) mass is 336 g/mol. The summed E-state index contributed by atoms with van der Waals surface area (Å²) < 4.78 is 5.24. The number of ether oxygens (including phenoxy) is 1. The molecule has 4 nitrogen and oxygen atoms in total. The molecule has 1 amide bonds. The largest absolute Gasteiger partial charge is 0.484 e. The molecule has 0 saturated heterocycles. The van der Waals surface area contributed by atoms with Crippen molar-refractivity contribution >= 4 is 17.8 Å². The van der Waals surface area contributed by atoms with E-state index in [0.29, 0.717) is 5.75 Å². The highest BCUT2D eigenvalue weighted by atomic mass is 16.5. The molecule has 0 bridgehead atoms. The highest BCUT2D eigenvalue weighted by Gasteiger charge is 2.14. The zero-order valence-electron chi connectivity index (χ0n) is 14.4. The van der Waals surface area contributed by atoms with Gasteiger partial charge in [0.05, 0.1) is 5.69 Å². The molecule has 2 N–H and O–H groups in total. The fourth-order valence-corrected chi connectivity index (χ4v) is 3.22. The van der Waals surface area contributed by atoms with Crippen molar-refractivity contribution in [3.05, 3.63) is 59.7 Å². The average molecular weight is 336 g/mol. The molecule has 0 spiro atoms. The summed E-state index contributed by atoms with van der Waals surface area (Å²) in [6.45, 7) is -0.110. The number of nitrogens with zero attached hydrogens (tertiary/aromatic N) is 1. The third-order valence-electron chi connectivity index (χ3n) is 4.59. The molecule has 0 heterocycles. The molecule has 130 valence electrons. The number of primary amides is 1. The maximum absolute atomic E-state index is 10.7. The first-order valence-corrected chi connectivity index (χ1v) is 8.86. The number of aliphatic imine (C=N–C) groups is 1. The van der Waals surface area contributed by atoms with E-state index in [1.165, 1.54) is 37.7 Å². The highest BCUT2D eigenvalue weighted by molar-refractivity contribution is 5.82. The van der Waals surface area contributed by atoms with Gasteiger partial charge in [-0.1, -0.05) is 31.4 Å². The van der Waals surface area contributed by atoms with Crippen LogP contribution < -0.4 is 10.5 Å². The van der Waals surface area contributed by atoms with Gasteiger partial charge >= 0.3 is 0 Å². The Morgan fingerprint density at radius 2 is 1.72 bits per heavy atom. The van der Waals surface area contributed by atoms with Crippen LogP contribution in [0.5, 0.6) is 5.75 Å². The Morgan fingerprint density at radius 3 is 2.36 bits per heavy atom. The maximum atomic E-state index is 10.7. The summed E-state index contributed by atoms with van der Waals surface area (Å²) in [5.41, 5.74) is 8.42. The van der Waals surface area contributed by atoms with E-state index in [-0.39, 0.29) is 6.61 Å². The van der Waals surface area contributed by atoms with Crippen LogP contribution in [-0.4, -0.2) is 18.7 Å². The molecule has 1 aliphatic rings. The molecule has 4 heteroatoms. The molecule has 0 atom stereocenters. The molecule has 0 unspecified atom stereocenters. The van der Waals surface area contributed by atoms with Gasteiger partial charge in [0.25, 0.3) is 5.91 Å².